The molecule has 0 saturated carbocycles. The predicted molar refractivity (Wildman–Crippen MR) is 110 cm³/mol. The van der Waals surface area contributed by atoms with Crippen LogP contribution >= 0.6 is 11.6 Å². The molecule has 1 fully saturated rings. The second-order valence-electron chi connectivity index (χ2n) is 7.31. The highest BCUT2D eigenvalue weighted by molar-refractivity contribution is 6.31. The molecule has 2 heterocycles. The second-order valence-corrected chi connectivity index (χ2v) is 7.72. The Kier molecular flexibility index (Phi) is 6.37. The molecule has 3 rings (SSSR count). The van der Waals surface area contributed by atoms with E-state index in [2.05, 4.69) is 10.4 Å². The quantitative estimate of drug-likeness (QED) is 0.555. The summed E-state index contributed by atoms with van der Waals surface area (Å²) in [4.78, 5) is 36.8. The third-order valence-corrected chi connectivity index (χ3v) is 5.62. The maximum Gasteiger partial charge on any atom is 0.229 e. The molecule has 1 aliphatic heterocycles. The van der Waals surface area contributed by atoms with E-state index in [1.807, 2.05) is 39.0 Å². The molecule has 3 amide bonds. The van der Waals surface area contributed by atoms with Crippen molar-refractivity contribution in [2.24, 2.45) is 0 Å². The summed E-state index contributed by atoms with van der Waals surface area (Å²) in [5, 5.41) is 8.10. The van der Waals surface area contributed by atoms with Gasteiger partial charge < -0.3 is 5.32 Å². The van der Waals surface area contributed by atoms with Gasteiger partial charge in [0.25, 0.3) is 0 Å². The summed E-state index contributed by atoms with van der Waals surface area (Å²) < 4.78 is 1.80. The molecule has 2 aromatic rings. The Morgan fingerprint density at radius 1 is 1.17 bits per heavy atom. The van der Waals surface area contributed by atoms with Crippen LogP contribution in [0, 0.1) is 20.8 Å². The maximum atomic E-state index is 12.4. The zero-order valence-electron chi connectivity index (χ0n) is 16.9. The van der Waals surface area contributed by atoms with Gasteiger partial charge in [0.1, 0.15) is 0 Å². The van der Waals surface area contributed by atoms with Crippen molar-refractivity contribution < 1.29 is 14.4 Å². The first-order valence-electron chi connectivity index (χ1n) is 9.69. The van der Waals surface area contributed by atoms with Crippen molar-refractivity contribution in [3.8, 4) is 5.69 Å². The molecule has 1 aromatic heterocycles. The Morgan fingerprint density at radius 2 is 1.86 bits per heavy atom. The number of rotatable bonds is 7. The van der Waals surface area contributed by atoms with Gasteiger partial charge in [0.2, 0.25) is 17.7 Å². The van der Waals surface area contributed by atoms with Crippen molar-refractivity contribution >= 4 is 29.3 Å². The topological polar surface area (TPSA) is 84.3 Å². The molecule has 0 aliphatic carbocycles. The second kappa shape index (κ2) is 8.78. The van der Waals surface area contributed by atoms with Gasteiger partial charge in [-0.2, -0.15) is 5.10 Å². The van der Waals surface area contributed by atoms with E-state index in [1.165, 1.54) is 4.90 Å². The van der Waals surface area contributed by atoms with Crippen LogP contribution in [0.5, 0.6) is 0 Å². The molecule has 1 aromatic carbocycles. The van der Waals surface area contributed by atoms with Crippen LogP contribution in [0.25, 0.3) is 5.69 Å². The van der Waals surface area contributed by atoms with Crippen LogP contribution in [0.4, 0.5) is 0 Å². The minimum Gasteiger partial charge on any atom is -0.356 e. The summed E-state index contributed by atoms with van der Waals surface area (Å²) in [5.74, 6) is -0.371. The average molecular weight is 417 g/mol. The van der Waals surface area contributed by atoms with E-state index >= 15 is 0 Å². The van der Waals surface area contributed by atoms with Crippen molar-refractivity contribution in [2.75, 3.05) is 13.1 Å². The normalized spacial score (nSPS) is 14.0. The smallest absolute Gasteiger partial charge is 0.229 e. The molecular formula is C21H25ClN4O3. The third kappa shape index (κ3) is 4.67. The number of hydrogen-bond donors (Lipinski definition) is 1. The van der Waals surface area contributed by atoms with Crippen molar-refractivity contribution in [1.82, 2.24) is 20.0 Å². The molecule has 0 atom stereocenters. The Balaban J connectivity index is 1.58. The number of benzene rings is 1. The lowest BCUT2D eigenvalue weighted by Crippen LogP contribution is -2.33. The van der Waals surface area contributed by atoms with Gasteiger partial charge >= 0.3 is 0 Å². The van der Waals surface area contributed by atoms with Crippen LogP contribution < -0.4 is 5.32 Å². The Hall–Kier alpha value is -2.67. The van der Waals surface area contributed by atoms with E-state index in [1.54, 1.807) is 4.68 Å². The molecule has 8 heteroatoms. The lowest BCUT2D eigenvalue weighted by Gasteiger charge is -2.13. The SMILES string of the molecule is Cc1ccc(-n2nc(C)c(CC(=O)NCCCN3C(=O)CCC3=O)c2C)cc1Cl. The van der Waals surface area contributed by atoms with E-state index in [0.717, 1.165) is 28.2 Å². The van der Waals surface area contributed by atoms with Crippen LogP contribution in [-0.2, 0) is 20.8 Å². The standard InChI is InChI=1S/C21H25ClN4O3/c1-13-5-6-16(11-18(13)22)26-15(3)17(14(2)24-26)12-19(27)23-9-4-10-25-20(28)7-8-21(25)29/h5-6,11H,4,7-10,12H2,1-3H3,(H,23,27). The summed E-state index contributed by atoms with van der Waals surface area (Å²) >= 11 is 6.23. The number of aryl methyl sites for hydroxylation is 2. The van der Waals surface area contributed by atoms with E-state index in [0.29, 0.717) is 37.4 Å². The fourth-order valence-corrected chi connectivity index (χ4v) is 3.63. The molecule has 29 heavy (non-hydrogen) atoms. The highest BCUT2D eigenvalue weighted by Crippen LogP contribution is 2.23. The molecule has 0 spiro atoms. The molecule has 0 unspecified atom stereocenters. The lowest BCUT2D eigenvalue weighted by molar-refractivity contribution is -0.138. The molecule has 0 bridgehead atoms. The number of halogens is 1. The molecule has 1 aliphatic rings. The Morgan fingerprint density at radius 3 is 2.52 bits per heavy atom. The molecule has 154 valence electrons. The average Bonchev–Trinajstić information content (AvgIpc) is 3.14. The number of likely N-dealkylation sites (tertiary alicyclic amines) is 1. The monoisotopic (exact) mass is 416 g/mol. The molecule has 0 radical (unpaired) electrons. The summed E-state index contributed by atoms with van der Waals surface area (Å²) in [7, 11) is 0. The van der Waals surface area contributed by atoms with Crippen molar-refractivity contribution in [3.05, 3.63) is 45.7 Å². The minimum atomic E-state index is -0.129. The van der Waals surface area contributed by atoms with Crippen LogP contribution in [0.3, 0.4) is 0 Å². The molecule has 7 nitrogen and oxygen atoms in total. The third-order valence-electron chi connectivity index (χ3n) is 5.21. The molecule has 1 saturated heterocycles. The number of carbonyl (C=O) groups excluding carboxylic acids is 3. The minimum absolute atomic E-state index is 0.114. The summed E-state index contributed by atoms with van der Waals surface area (Å²) in [5.41, 5.74) is 4.42. The van der Waals surface area contributed by atoms with Gasteiger partial charge in [0, 0.05) is 42.2 Å². The van der Waals surface area contributed by atoms with Gasteiger partial charge in [-0.3, -0.25) is 19.3 Å². The maximum absolute atomic E-state index is 12.4. The Bertz CT molecular complexity index is 951. The lowest BCUT2D eigenvalue weighted by atomic mass is 10.1. The van der Waals surface area contributed by atoms with Gasteiger partial charge in [-0.05, 0) is 44.9 Å². The first kappa shape index (κ1) is 21.0. The fraction of sp³-hybridized carbons (Fsp3) is 0.429. The van der Waals surface area contributed by atoms with E-state index in [4.69, 9.17) is 11.6 Å². The Labute approximate surface area is 175 Å². The van der Waals surface area contributed by atoms with Crippen LogP contribution in [0.15, 0.2) is 18.2 Å². The number of aromatic nitrogens is 2. The van der Waals surface area contributed by atoms with Crippen LogP contribution in [0.2, 0.25) is 5.02 Å². The van der Waals surface area contributed by atoms with E-state index in [9.17, 15) is 14.4 Å². The largest absolute Gasteiger partial charge is 0.356 e. The van der Waals surface area contributed by atoms with Crippen molar-refractivity contribution in [2.45, 2.75) is 46.5 Å². The van der Waals surface area contributed by atoms with Gasteiger partial charge in [-0.25, -0.2) is 4.68 Å². The highest BCUT2D eigenvalue weighted by atomic mass is 35.5. The predicted octanol–water partition coefficient (Wildman–Crippen LogP) is 2.65. The van der Waals surface area contributed by atoms with Gasteiger partial charge in [0.05, 0.1) is 17.8 Å². The van der Waals surface area contributed by atoms with Crippen LogP contribution in [0.1, 0.15) is 41.8 Å². The van der Waals surface area contributed by atoms with Crippen molar-refractivity contribution in [1.29, 1.82) is 0 Å². The van der Waals surface area contributed by atoms with Gasteiger partial charge in [-0.15, -0.1) is 0 Å². The number of nitrogens with one attached hydrogen (secondary N) is 1. The number of carbonyl (C=O) groups is 3. The van der Waals surface area contributed by atoms with Gasteiger partial charge in [-0.1, -0.05) is 17.7 Å². The first-order valence-corrected chi connectivity index (χ1v) is 10.1. The molecular weight excluding hydrogens is 392 g/mol. The van der Waals surface area contributed by atoms with E-state index < -0.39 is 0 Å². The summed E-state index contributed by atoms with van der Waals surface area (Å²) in [6.07, 6.45) is 1.35. The zero-order chi connectivity index (χ0) is 21.1. The fourth-order valence-electron chi connectivity index (χ4n) is 3.46. The zero-order valence-corrected chi connectivity index (χ0v) is 17.7. The van der Waals surface area contributed by atoms with Crippen molar-refractivity contribution in [3.63, 3.8) is 0 Å². The first-order chi connectivity index (χ1) is 13.8. The van der Waals surface area contributed by atoms with Crippen LogP contribution in [-0.4, -0.2) is 45.5 Å². The van der Waals surface area contributed by atoms with Gasteiger partial charge in [0.15, 0.2) is 0 Å². The summed E-state index contributed by atoms with van der Waals surface area (Å²) in [6, 6.07) is 5.75. The summed E-state index contributed by atoms with van der Waals surface area (Å²) in [6.45, 7) is 6.52. The number of hydrogen-bond acceptors (Lipinski definition) is 4. The highest BCUT2D eigenvalue weighted by Gasteiger charge is 2.28. The van der Waals surface area contributed by atoms with E-state index in [-0.39, 0.29) is 24.1 Å². The molecule has 1 N–H and O–H groups in total. The number of nitrogens with zero attached hydrogens (tertiary/aromatic N) is 3. The number of amides is 3. The number of imide groups is 1.